The van der Waals surface area contributed by atoms with E-state index in [0.29, 0.717) is 0 Å². The zero-order chi connectivity index (χ0) is 5.56. The first-order valence-corrected chi connectivity index (χ1v) is 3.24. The zero-order valence-electron chi connectivity index (χ0n) is 5.09. The van der Waals surface area contributed by atoms with Crippen molar-refractivity contribution >= 4 is 0 Å². The summed E-state index contributed by atoms with van der Waals surface area (Å²) in [5.41, 5.74) is 0. The molecule has 2 fully saturated rings. The molecule has 8 heavy (non-hydrogen) atoms. The van der Waals surface area contributed by atoms with Crippen molar-refractivity contribution in [3.05, 3.63) is 0 Å². The maximum absolute atomic E-state index is 4.27. The Kier molecular flexibility index (Phi) is 0.866. The van der Waals surface area contributed by atoms with Crippen molar-refractivity contribution in [2.24, 2.45) is 11.8 Å². The average Bonchev–Trinajstić information content (AvgIpc) is 2.22. The van der Waals surface area contributed by atoms with Crippen LogP contribution >= 0.6 is 0 Å². The second-order valence-corrected chi connectivity index (χ2v) is 2.73. The van der Waals surface area contributed by atoms with Crippen LogP contribution in [0, 0.1) is 11.8 Å². The van der Waals surface area contributed by atoms with Gasteiger partial charge in [-0.3, -0.25) is 0 Å². The smallest absolute Gasteiger partial charge is 0.0180 e. The van der Waals surface area contributed by atoms with Crippen LogP contribution in [0.25, 0.3) is 0 Å². The summed E-state index contributed by atoms with van der Waals surface area (Å²) in [7, 11) is 2.04. The summed E-state index contributed by atoms with van der Waals surface area (Å²) in [5, 5.41) is 7.55. The van der Waals surface area contributed by atoms with Crippen molar-refractivity contribution < 1.29 is 0 Å². The normalized spacial score (nSPS) is 51.4. The maximum Gasteiger partial charge on any atom is 0.0180 e. The monoisotopic (exact) mass is 111 g/mol. The highest BCUT2D eigenvalue weighted by Crippen LogP contribution is 2.41. The van der Waals surface area contributed by atoms with Crippen molar-refractivity contribution in [2.45, 2.75) is 6.04 Å². The lowest BCUT2D eigenvalue weighted by molar-refractivity contribution is 0.605. The molecule has 45 valence electrons. The third-order valence-electron chi connectivity index (χ3n) is 2.34. The molecular weight excluding hydrogens is 100 g/mol. The first-order valence-electron chi connectivity index (χ1n) is 3.24. The van der Waals surface area contributed by atoms with Crippen LogP contribution in [-0.4, -0.2) is 26.2 Å². The molecule has 1 aliphatic heterocycles. The second-order valence-electron chi connectivity index (χ2n) is 2.73. The van der Waals surface area contributed by atoms with Gasteiger partial charge >= 0.3 is 0 Å². The van der Waals surface area contributed by atoms with Crippen LogP contribution in [0.3, 0.4) is 0 Å². The molecule has 1 aliphatic carbocycles. The van der Waals surface area contributed by atoms with Gasteiger partial charge in [0.2, 0.25) is 0 Å². The van der Waals surface area contributed by atoms with E-state index in [2.05, 4.69) is 10.6 Å². The Labute approximate surface area is 49.7 Å². The Morgan fingerprint density at radius 1 is 1.38 bits per heavy atom. The SMILES string of the molecule is CNC1C2C[N]CC21. The lowest BCUT2D eigenvalue weighted by Crippen LogP contribution is -2.20. The number of hydrogen-bond acceptors (Lipinski definition) is 1. The fraction of sp³-hybridized carbons (Fsp3) is 1.00. The molecule has 1 N–H and O–H groups in total. The Hall–Kier alpha value is -0.0800. The molecular formula is C6H11N2. The van der Waals surface area contributed by atoms with Crippen molar-refractivity contribution in [2.75, 3.05) is 20.1 Å². The van der Waals surface area contributed by atoms with Crippen LogP contribution in [0.5, 0.6) is 0 Å². The van der Waals surface area contributed by atoms with E-state index < -0.39 is 0 Å². The molecule has 0 amide bonds. The molecule has 0 bridgehead atoms. The highest BCUT2D eigenvalue weighted by atomic mass is 15.1. The van der Waals surface area contributed by atoms with Crippen molar-refractivity contribution in [1.82, 2.24) is 10.6 Å². The molecule has 2 atom stereocenters. The third kappa shape index (κ3) is 0.446. The molecule has 0 spiro atoms. The molecule has 2 nitrogen and oxygen atoms in total. The standard InChI is InChI=1S/C6H11N2/c1-7-6-4-2-8-3-5(4)6/h4-7H,2-3H2,1H3. The Morgan fingerprint density at radius 3 is 2.38 bits per heavy atom. The first-order chi connectivity index (χ1) is 3.93. The Balaban J connectivity index is 1.94. The molecule has 0 aromatic carbocycles. The van der Waals surface area contributed by atoms with Gasteiger partial charge in [0.15, 0.2) is 0 Å². The van der Waals surface area contributed by atoms with E-state index in [4.69, 9.17) is 0 Å². The summed E-state index contributed by atoms with van der Waals surface area (Å²) >= 11 is 0. The highest BCUT2D eigenvalue weighted by Gasteiger charge is 2.52. The number of fused-ring (bicyclic) bond motifs is 1. The Bertz CT molecular complexity index is 85.9. The van der Waals surface area contributed by atoms with Crippen LogP contribution in [0.2, 0.25) is 0 Å². The molecule has 1 saturated heterocycles. The predicted octanol–water partition coefficient (Wildman–Crippen LogP) is -0.562. The minimum Gasteiger partial charge on any atom is -0.316 e. The van der Waals surface area contributed by atoms with E-state index >= 15 is 0 Å². The molecule has 0 aromatic heterocycles. The van der Waals surface area contributed by atoms with Crippen LogP contribution in [0.1, 0.15) is 0 Å². The lowest BCUT2D eigenvalue weighted by atomic mass is 10.4. The minimum atomic E-state index is 0.826. The summed E-state index contributed by atoms with van der Waals surface area (Å²) < 4.78 is 0. The number of piperidine rings is 1. The van der Waals surface area contributed by atoms with Gasteiger partial charge in [-0.05, 0) is 18.9 Å². The van der Waals surface area contributed by atoms with Gasteiger partial charge in [-0.15, -0.1) is 0 Å². The lowest BCUT2D eigenvalue weighted by Gasteiger charge is -1.98. The summed E-state index contributed by atoms with van der Waals surface area (Å²) in [5.74, 6) is 1.83. The molecule has 1 heterocycles. The maximum atomic E-state index is 4.27. The van der Waals surface area contributed by atoms with E-state index in [1.165, 1.54) is 0 Å². The molecule has 1 saturated carbocycles. The number of rotatable bonds is 1. The highest BCUT2D eigenvalue weighted by molar-refractivity contribution is 5.08. The van der Waals surface area contributed by atoms with Crippen LogP contribution < -0.4 is 10.6 Å². The predicted molar refractivity (Wildman–Crippen MR) is 31.7 cm³/mol. The van der Waals surface area contributed by atoms with Crippen LogP contribution in [0.15, 0.2) is 0 Å². The van der Waals surface area contributed by atoms with E-state index in [9.17, 15) is 0 Å². The quantitative estimate of drug-likeness (QED) is 0.482. The summed E-state index contributed by atoms with van der Waals surface area (Å²) in [6, 6.07) is 0.826. The van der Waals surface area contributed by atoms with Crippen molar-refractivity contribution in [1.29, 1.82) is 0 Å². The number of nitrogens with one attached hydrogen (secondary N) is 1. The summed E-state index contributed by atoms with van der Waals surface area (Å²) in [4.78, 5) is 0. The van der Waals surface area contributed by atoms with Crippen molar-refractivity contribution in [3.63, 3.8) is 0 Å². The molecule has 1 radical (unpaired) electrons. The van der Waals surface area contributed by atoms with E-state index in [1.807, 2.05) is 7.05 Å². The van der Waals surface area contributed by atoms with Gasteiger partial charge in [-0.25, -0.2) is 5.32 Å². The van der Waals surface area contributed by atoms with E-state index in [-0.39, 0.29) is 0 Å². The van der Waals surface area contributed by atoms with Crippen LogP contribution in [0.4, 0.5) is 0 Å². The molecule has 0 aromatic rings. The van der Waals surface area contributed by atoms with Gasteiger partial charge < -0.3 is 5.32 Å². The minimum absolute atomic E-state index is 0.826. The topological polar surface area (TPSA) is 26.1 Å². The van der Waals surface area contributed by atoms with Gasteiger partial charge in [0, 0.05) is 19.1 Å². The number of hydrogen-bond donors (Lipinski definition) is 1. The third-order valence-corrected chi connectivity index (χ3v) is 2.34. The molecule has 2 aliphatic rings. The number of nitrogens with zero attached hydrogens (tertiary/aromatic N) is 1. The van der Waals surface area contributed by atoms with Crippen molar-refractivity contribution in [3.8, 4) is 0 Å². The van der Waals surface area contributed by atoms with Gasteiger partial charge in [0.05, 0.1) is 0 Å². The summed E-state index contributed by atoms with van der Waals surface area (Å²) in [6.07, 6.45) is 0. The van der Waals surface area contributed by atoms with Gasteiger partial charge in [0.25, 0.3) is 0 Å². The average molecular weight is 111 g/mol. The van der Waals surface area contributed by atoms with E-state index in [0.717, 1.165) is 31.0 Å². The Morgan fingerprint density at radius 2 is 2.00 bits per heavy atom. The fourth-order valence-electron chi connectivity index (χ4n) is 1.74. The van der Waals surface area contributed by atoms with Gasteiger partial charge in [-0.1, -0.05) is 0 Å². The molecule has 2 unspecified atom stereocenters. The fourth-order valence-corrected chi connectivity index (χ4v) is 1.74. The second kappa shape index (κ2) is 1.45. The summed E-state index contributed by atoms with van der Waals surface area (Å²) in [6.45, 7) is 2.24. The van der Waals surface area contributed by atoms with Gasteiger partial charge in [0.1, 0.15) is 0 Å². The van der Waals surface area contributed by atoms with Gasteiger partial charge in [-0.2, -0.15) is 0 Å². The largest absolute Gasteiger partial charge is 0.316 e. The van der Waals surface area contributed by atoms with Crippen LogP contribution in [-0.2, 0) is 0 Å². The van der Waals surface area contributed by atoms with E-state index in [1.54, 1.807) is 0 Å². The molecule has 2 rings (SSSR count). The first kappa shape index (κ1) is 4.77. The molecule has 2 heteroatoms. The zero-order valence-corrected chi connectivity index (χ0v) is 5.09.